The molecule has 0 spiro atoms. The van der Waals surface area contributed by atoms with E-state index in [4.69, 9.17) is 9.84 Å². The summed E-state index contributed by atoms with van der Waals surface area (Å²) in [5, 5.41) is 11.4. The van der Waals surface area contributed by atoms with Crippen molar-refractivity contribution in [3.05, 3.63) is 30.1 Å². The highest BCUT2D eigenvalue weighted by Crippen LogP contribution is 2.19. The predicted octanol–water partition coefficient (Wildman–Crippen LogP) is 1.82. The normalized spacial score (nSPS) is 10.9. The van der Waals surface area contributed by atoms with Crippen LogP contribution in [0.3, 0.4) is 0 Å². The molecule has 0 saturated carbocycles. The van der Waals surface area contributed by atoms with Gasteiger partial charge in [0.15, 0.2) is 18.2 Å². The van der Waals surface area contributed by atoms with E-state index in [1.54, 1.807) is 19.9 Å². The summed E-state index contributed by atoms with van der Waals surface area (Å²) in [6.45, 7) is 3.07. The second kappa shape index (κ2) is 6.88. The van der Waals surface area contributed by atoms with Gasteiger partial charge in [-0.1, -0.05) is 12.1 Å². The highest BCUT2D eigenvalue weighted by atomic mass is 19.1. The van der Waals surface area contributed by atoms with Gasteiger partial charge in [-0.05, 0) is 32.4 Å². The molecule has 0 unspecified atom stereocenters. The fourth-order valence-corrected chi connectivity index (χ4v) is 1.38. The summed E-state index contributed by atoms with van der Waals surface area (Å²) in [5.41, 5.74) is -0.903. The minimum Gasteiger partial charge on any atom is -0.481 e. The van der Waals surface area contributed by atoms with Gasteiger partial charge in [-0.2, -0.15) is 0 Å². The summed E-state index contributed by atoms with van der Waals surface area (Å²) in [6, 6.07) is 5.79. The average molecular weight is 283 g/mol. The number of benzene rings is 1. The monoisotopic (exact) mass is 283 g/mol. The van der Waals surface area contributed by atoms with Crippen molar-refractivity contribution in [2.24, 2.45) is 5.41 Å². The second-order valence-corrected chi connectivity index (χ2v) is 5.01. The van der Waals surface area contributed by atoms with Crippen molar-refractivity contribution in [2.45, 2.75) is 20.3 Å². The third-order valence-electron chi connectivity index (χ3n) is 2.85. The molecule has 5 nitrogen and oxygen atoms in total. The molecule has 0 aliphatic heterocycles. The fraction of sp³-hybridized carbons (Fsp3) is 0.429. The Bertz CT molecular complexity index is 488. The number of hydrogen-bond donors (Lipinski definition) is 2. The molecule has 1 aromatic carbocycles. The Hall–Kier alpha value is -2.11. The number of hydrogen-bond acceptors (Lipinski definition) is 3. The van der Waals surface area contributed by atoms with E-state index in [1.165, 1.54) is 18.2 Å². The van der Waals surface area contributed by atoms with Crippen molar-refractivity contribution in [3.63, 3.8) is 0 Å². The first-order valence-electron chi connectivity index (χ1n) is 6.20. The smallest absolute Gasteiger partial charge is 0.309 e. The van der Waals surface area contributed by atoms with E-state index >= 15 is 0 Å². The SMILES string of the molecule is CC(C)(CCNC(=O)COc1ccccc1F)C(=O)O. The van der Waals surface area contributed by atoms with Gasteiger partial charge in [0.1, 0.15) is 0 Å². The number of amides is 1. The van der Waals surface area contributed by atoms with Crippen LogP contribution < -0.4 is 10.1 Å². The lowest BCUT2D eigenvalue weighted by Gasteiger charge is -2.18. The fourth-order valence-electron chi connectivity index (χ4n) is 1.38. The molecule has 2 N–H and O–H groups in total. The third-order valence-corrected chi connectivity index (χ3v) is 2.85. The Morgan fingerprint density at radius 3 is 2.60 bits per heavy atom. The maximum Gasteiger partial charge on any atom is 0.309 e. The first-order valence-corrected chi connectivity index (χ1v) is 6.20. The maximum atomic E-state index is 13.2. The Morgan fingerprint density at radius 2 is 2.00 bits per heavy atom. The van der Waals surface area contributed by atoms with E-state index in [0.29, 0.717) is 6.42 Å². The number of carboxylic acid groups (broad SMARTS) is 1. The van der Waals surface area contributed by atoms with Gasteiger partial charge >= 0.3 is 5.97 Å². The summed E-state index contributed by atoms with van der Waals surface area (Å²) >= 11 is 0. The van der Waals surface area contributed by atoms with Gasteiger partial charge in [0.05, 0.1) is 5.41 Å². The molecule has 6 heteroatoms. The summed E-state index contributed by atoms with van der Waals surface area (Å²) in [5.74, 6) is -1.87. The number of nitrogens with one attached hydrogen (secondary N) is 1. The topological polar surface area (TPSA) is 75.6 Å². The molecule has 0 saturated heterocycles. The van der Waals surface area contributed by atoms with Gasteiger partial charge in [-0.25, -0.2) is 4.39 Å². The van der Waals surface area contributed by atoms with Crippen molar-refractivity contribution < 1.29 is 23.8 Å². The van der Waals surface area contributed by atoms with Crippen LogP contribution in [0.4, 0.5) is 4.39 Å². The van der Waals surface area contributed by atoms with Crippen molar-refractivity contribution in [1.82, 2.24) is 5.32 Å². The summed E-state index contributed by atoms with van der Waals surface area (Å²) in [4.78, 5) is 22.3. The number of carboxylic acids is 1. The number of carbonyl (C=O) groups is 2. The van der Waals surface area contributed by atoms with Gasteiger partial charge < -0.3 is 15.2 Å². The van der Waals surface area contributed by atoms with Crippen molar-refractivity contribution in [3.8, 4) is 5.75 Å². The Kier molecular flexibility index (Phi) is 5.49. The second-order valence-electron chi connectivity index (χ2n) is 5.01. The standard InChI is InChI=1S/C14H18FNO4/c1-14(2,13(18)19)7-8-16-12(17)9-20-11-6-4-3-5-10(11)15/h3-6H,7-9H2,1-2H3,(H,16,17)(H,18,19). The van der Waals surface area contributed by atoms with E-state index in [1.807, 2.05) is 0 Å². The lowest BCUT2D eigenvalue weighted by Crippen LogP contribution is -2.34. The Labute approximate surface area is 116 Å². The molecule has 0 aromatic heterocycles. The molecule has 1 amide bonds. The zero-order chi connectivity index (χ0) is 15.2. The Morgan fingerprint density at radius 1 is 1.35 bits per heavy atom. The molecule has 20 heavy (non-hydrogen) atoms. The molecular weight excluding hydrogens is 265 g/mol. The summed E-state index contributed by atoms with van der Waals surface area (Å²) in [7, 11) is 0. The first kappa shape index (κ1) is 15.9. The molecule has 0 aliphatic rings. The zero-order valence-electron chi connectivity index (χ0n) is 11.5. The first-order chi connectivity index (χ1) is 9.33. The lowest BCUT2D eigenvalue weighted by molar-refractivity contribution is -0.147. The van der Waals surface area contributed by atoms with Gasteiger partial charge in [-0.15, -0.1) is 0 Å². The van der Waals surface area contributed by atoms with E-state index < -0.39 is 23.1 Å². The van der Waals surface area contributed by atoms with Crippen LogP contribution in [0.15, 0.2) is 24.3 Å². The average Bonchev–Trinajstić information content (AvgIpc) is 2.37. The minimum atomic E-state index is -0.922. The third kappa shape index (κ3) is 4.87. The van der Waals surface area contributed by atoms with E-state index in [2.05, 4.69) is 5.32 Å². The van der Waals surface area contributed by atoms with Crippen LogP contribution in [0.1, 0.15) is 20.3 Å². The molecule has 0 fully saturated rings. The molecule has 1 aromatic rings. The van der Waals surface area contributed by atoms with Crippen LogP contribution in [0.25, 0.3) is 0 Å². The van der Waals surface area contributed by atoms with Crippen LogP contribution >= 0.6 is 0 Å². The number of rotatable bonds is 7. The van der Waals surface area contributed by atoms with Gasteiger partial charge in [0, 0.05) is 6.54 Å². The van der Waals surface area contributed by atoms with Crippen LogP contribution in [-0.4, -0.2) is 30.1 Å². The van der Waals surface area contributed by atoms with Crippen molar-refractivity contribution >= 4 is 11.9 Å². The van der Waals surface area contributed by atoms with E-state index in [9.17, 15) is 14.0 Å². The van der Waals surface area contributed by atoms with Crippen molar-refractivity contribution in [2.75, 3.05) is 13.2 Å². The molecule has 110 valence electrons. The lowest BCUT2D eigenvalue weighted by atomic mass is 9.90. The van der Waals surface area contributed by atoms with Crippen LogP contribution in [0.2, 0.25) is 0 Å². The highest BCUT2D eigenvalue weighted by molar-refractivity contribution is 5.77. The zero-order valence-corrected chi connectivity index (χ0v) is 11.5. The van der Waals surface area contributed by atoms with Gasteiger partial charge in [-0.3, -0.25) is 9.59 Å². The Balaban J connectivity index is 2.31. The molecular formula is C14H18FNO4. The molecule has 1 rings (SSSR count). The minimum absolute atomic E-state index is 0.00789. The van der Waals surface area contributed by atoms with Gasteiger partial charge in [0.2, 0.25) is 0 Å². The molecule has 0 atom stereocenters. The predicted molar refractivity (Wildman–Crippen MR) is 70.9 cm³/mol. The van der Waals surface area contributed by atoms with Gasteiger partial charge in [0.25, 0.3) is 5.91 Å². The van der Waals surface area contributed by atoms with Crippen LogP contribution in [-0.2, 0) is 9.59 Å². The number of ether oxygens (including phenoxy) is 1. The number of para-hydroxylation sites is 1. The number of halogens is 1. The van der Waals surface area contributed by atoms with Crippen LogP contribution in [0.5, 0.6) is 5.75 Å². The largest absolute Gasteiger partial charge is 0.481 e. The van der Waals surface area contributed by atoms with E-state index in [-0.39, 0.29) is 18.9 Å². The molecule has 0 aliphatic carbocycles. The number of carbonyl (C=O) groups excluding carboxylic acids is 1. The van der Waals surface area contributed by atoms with Crippen molar-refractivity contribution in [1.29, 1.82) is 0 Å². The maximum absolute atomic E-state index is 13.2. The highest BCUT2D eigenvalue weighted by Gasteiger charge is 2.26. The van der Waals surface area contributed by atoms with Crippen LogP contribution in [0, 0.1) is 11.2 Å². The number of aliphatic carboxylic acids is 1. The molecule has 0 radical (unpaired) electrons. The quantitative estimate of drug-likeness (QED) is 0.800. The molecule has 0 heterocycles. The molecule has 0 bridgehead atoms. The van der Waals surface area contributed by atoms with E-state index in [0.717, 1.165) is 0 Å². The summed E-state index contributed by atoms with van der Waals surface area (Å²) < 4.78 is 18.2. The summed E-state index contributed by atoms with van der Waals surface area (Å²) in [6.07, 6.45) is 0.299.